The van der Waals surface area contributed by atoms with Gasteiger partial charge in [-0.3, -0.25) is 4.79 Å². The van der Waals surface area contributed by atoms with Gasteiger partial charge in [0.25, 0.3) is 0 Å². The van der Waals surface area contributed by atoms with E-state index in [1.807, 2.05) is 37.3 Å². The molecule has 0 saturated heterocycles. The predicted molar refractivity (Wildman–Crippen MR) is 105 cm³/mol. The molecule has 9 heteroatoms. The number of rotatable bonds is 6. The fourth-order valence-electron chi connectivity index (χ4n) is 2.71. The SMILES string of the molecule is CC(Sc1nnnn1Cc1ccccc1)C(=O)Nc1ccc2c(c1)OCCO2. The van der Waals surface area contributed by atoms with E-state index in [9.17, 15) is 4.79 Å². The summed E-state index contributed by atoms with van der Waals surface area (Å²) < 4.78 is 12.7. The molecule has 2 heterocycles. The molecular formula is C19H19N5O3S. The Hall–Kier alpha value is -3.07. The molecule has 1 aromatic heterocycles. The molecular weight excluding hydrogens is 378 g/mol. The van der Waals surface area contributed by atoms with Crippen LogP contribution in [0.3, 0.4) is 0 Å². The van der Waals surface area contributed by atoms with E-state index in [1.54, 1.807) is 22.9 Å². The van der Waals surface area contributed by atoms with Crippen LogP contribution in [-0.4, -0.2) is 44.6 Å². The third kappa shape index (κ3) is 4.25. The van der Waals surface area contributed by atoms with E-state index in [1.165, 1.54) is 11.8 Å². The van der Waals surface area contributed by atoms with Crippen molar-refractivity contribution in [2.45, 2.75) is 23.9 Å². The lowest BCUT2D eigenvalue weighted by Crippen LogP contribution is -2.23. The van der Waals surface area contributed by atoms with Crippen molar-refractivity contribution in [2.24, 2.45) is 0 Å². The first-order chi connectivity index (χ1) is 13.7. The van der Waals surface area contributed by atoms with E-state index < -0.39 is 0 Å². The molecule has 144 valence electrons. The zero-order chi connectivity index (χ0) is 19.3. The number of tetrazole rings is 1. The lowest BCUT2D eigenvalue weighted by atomic mass is 10.2. The third-order valence-corrected chi connectivity index (χ3v) is 5.21. The highest BCUT2D eigenvalue weighted by Crippen LogP contribution is 2.33. The number of nitrogens with zero attached hydrogens (tertiary/aromatic N) is 4. The number of hydrogen-bond donors (Lipinski definition) is 1. The Balaban J connectivity index is 1.39. The monoisotopic (exact) mass is 397 g/mol. The highest BCUT2D eigenvalue weighted by molar-refractivity contribution is 8.00. The topological polar surface area (TPSA) is 91.2 Å². The van der Waals surface area contributed by atoms with E-state index >= 15 is 0 Å². The Morgan fingerprint density at radius 1 is 1.18 bits per heavy atom. The van der Waals surface area contributed by atoms with Crippen LogP contribution in [0.25, 0.3) is 0 Å². The normalized spacial score (nSPS) is 13.8. The number of anilines is 1. The molecule has 1 atom stereocenters. The zero-order valence-electron chi connectivity index (χ0n) is 15.2. The van der Waals surface area contributed by atoms with Crippen LogP contribution in [0.2, 0.25) is 0 Å². The molecule has 1 aliphatic heterocycles. The number of fused-ring (bicyclic) bond motifs is 1. The minimum absolute atomic E-state index is 0.143. The molecule has 0 bridgehead atoms. The first-order valence-corrected chi connectivity index (χ1v) is 9.74. The van der Waals surface area contributed by atoms with Gasteiger partial charge >= 0.3 is 0 Å². The van der Waals surface area contributed by atoms with Crippen molar-refractivity contribution in [2.75, 3.05) is 18.5 Å². The minimum Gasteiger partial charge on any atom is -0.486 e. The van der Waals surface area contributed by atoms with Crippen molar-refractivity contribution in [1.29, 1.82) is 0 Å². The van der Waals surface area contributed by atoms with Gasteiger partial charge in [0.2, 0.25) is 11.1 Å². The van der Waals surface area contributed by atoms with Crippen LogP contribution in [0, 0.1) is 0 Å². The van der Waals surface area contributed by atoms with Crippen molar-refractivity contribution in [1.82, 2.24) is 20.2 Å². The number of benzene rings is 2. The molecule has 8 nitrogen and oxygen atoms in total. The average Bonchev–Trinajstić information content (AvgIpc) is 3.15. The molecule has 0 aliphatic carbocycles. The number of amides is 1. The molecule has 0 saturated carbocycles. The van der Waals surface area contributed by atoms with E-state index in [-0.39, 0.29) is 11.2 Å². The summed E-state index contributed by atoms with van der Waals surface area (Å²) in [5.74, 6) is 1.18. The lowest BCUT2D eigenvalue weighted by Gasteiger charge is -2.19. The Morgan fingerprint density at radius 2 is 1.96 bits per heavy atom. The van der Waals surface area contributed by atoms with Crippen LogP contribution in [-0.2, 0) is 11.3 Å². The molecule has 0 fully saturated rings. The minimum atomic E-state index is -0.381. The van der Waals surface area contributed by atoms with E-state index in [0.717, 1.165) is 5.56 Å². The highest BCUT2D eigenvalue weighted by Gasteiger charge is 2.20. The van der Waals surface area contributed by atoms with Crippen LogP contribution in [0.5, 0.6) is 11.5 Å². The van der Waals surface area contributed by atoms with Gasteiger partial charge in [0.05, 0.1) is 11.8 Å². The largest absolute Gasteiger partial charge is 0.486 e. The van der Waals surface area contributed by atoms with E-state index in [2.05, 4.69) is 20.8 Å². The smallest absolute Gasteiger partial charge is 0.237 e. The third-order valence-electron chi connectivity index (χ3n) is 4.14. The summed E-state index contributed by atoms with van der Waals surface area (Å²) in [7, 11) is 0. The number of hydrogen-bond acceptors (Lipinski definition) is 7. The summed E-state index contributed by atoms with van der Waals surface area (Å²) in [6.45, 7) is 3.40. The fourth-order valence-corrected chi connectivity index (χ4v) is 3.50. The maximum atomic E-state index is 12.6. The van der Waals surface area contributed by atoms with Gasteiger partial charge in [-0.1, -0.05) is 42.1 Å². The number of thioether (sulfide) groups is 1. The fraction of sp³-hybridized carbons (Fsp3) is 0.263. The van der Waals surface area contributed by atoms with Crippen molar-refractivity contribution in [3.05, 3.63) is 54.1 Å². The molecule has 3 aromatic rings. The Bertz CT molecular complexity index is 963. The maximum Gasteiger partial charge on any atom is 0.237 e. The molecule has 1 aliphatic rings. The second-order valence-corrected chi connectivity index (χ2v) is 7.52. The number of nitrogens with one attached hydrogen (secondary N) is 1. The van der Waals surface area contributed by atoms with Gasteiger partial charge in [0, 0.05) is 11.8 Å². The summed E-state index contributed by atoms with van der Waals surface area (Å²) in [5.41, 5.74) is 1.75. The predicted octanol–water partition coefficient (Wildman–Crippen LogP) is 2.61. The van der Waals surface area contributed by atoms with Gasteiger partial charge in [0.1, 0.15) is 13.2 Å². The Kier molecular flexibility index (Phi) is 5.43. The summed E-state index contributed by atoms with van der Waals surface area (Å²) in [6, 6.07) is 15.3. The van der Waals surface area contributed by atoms with Gasteiger partial charge in [0.15, 0.2) is 11.5 Å². The van der Waals surface area contributed by atoms with Crippen LogP contribution in [0.15, 0.2) is 53.7 Å². The number of ether oxygens (including phenoxy) is 2. The lowest BCUT2D eigenvalue weighted by molar-refractivity contribution is -0.115. The van der Waals surface area contributed by atoms with Crippen LogP contribution < -0.4 is 14.8 Å². The molecule has 28 heavy (non-hydrogen) atoms. The first kappa shape index (κ1) is 18.3. The standard InChI is InChI=1S/C19H19N5O3S/c1-13(18(25)20-15-7-8-16-17(11-15)27-10-9-26-16)28-19-21-22-23-24(19)12-14-5-3-2-4-6-14/h2-8,11,13H,9-10,12H2,1H3,(H,20,25). The van der Waals surface area contributed by atoms with Crippen LogP contribution >= 0.6 is 11.8 Å². The van der Waals surface area contributed by atoms with Crippen molar-refractivity contribution < 1.29 is 14.3 Å². The summed E-state index contributed by atoms with van der Waals surface area (Å²) in [5, 5.41) is 14.9. The van der Waals surface area contributed by atoms with Gasteiger partial charge in [-0.25, -0.2) is 4.68 Å². The second-order valence-electron chi connectivity index (χ2n) is 6.21. The molecule has 1 amide bonds. The second kappa shape index (κ2) is 8.30. The van der Waals surface area contributed by atoms with Gasteiger partial charge < -0.3 is 14.8 Å². The van der Waals surface area contributed by atoms with Crippen LogP contribution in [0.1, 0.15) is 12.5 Å². The molecule has 1 unspecified atom stereocenters. The van der Waals surface area contributed by atoms with Crippen LogP contribution in [0.4, 0.5) is 5.69 Å². The van der Waals surface area contributed by atoms with E-state index in [0.29, 0.717) is 42.1 Å². The van der Waals surface area contributed by atoms with Gasteiger partial charge in [-0.2, -0.15) is 0 Å². The zero-order valence-corrected chi connectivity index (χ0v) is 16.1. The van der Waals surface area contributed by atoms with E-state index in [4.69, 9.17) is 9.47 Å². The number of carbonyl (C=O) groups is 1. The molecule has 1 N–H and O–H groups in total. The van der Waals surface area contributed by atoms with Gasteiger partial charge in [-0.05, 0) is 35.0 Å². The molecule has 0 radical (unpaired) electrons. The Morgan fingerprint density at radius 3 is 2.79 bits per heavy atom. The average molecular weight is 397 g/mol. The quantitative estimate of drug-likeness (QED) is 0.639. The summed E-state index contributed by atoms with van der Waals surface area (Å²) in [4.78, 5) is 12.6. The Labute approximate surface area is 166 Å². The van der Waals surface area contributed by atoms with Crippen molar-refractivity contribution in [3.8, 4) is 11.5 Å². The number of aromatic nitrogens is 4. The number of carbonyl (C=O) groups excluding carboxylic acids is 1. The van der Waals surface area contributed by atoms with Gasteiger partial charge in [-0.15, -0.1) is 5.10 Å². The molecule has 0 spiro atoms. The first-order valence-electron chi connectivity index (χ1n) is 8.86. The van der Waals surface area contributed by atoms with Crippen molar-refractivity contribution >= 4 is 23.4 Å². The summed E-state index contributed by atoms with van der Waals surface area (Å²) in [6.07, 6.45) is 0. The maximum absolute atomic E-state index is 12.6. The van der Waals surface area contributed by atoms with Crippen molar-refractivity contribution in [3.63, 3.8) is 0 Å². The molecule has 2 aromatic carbocycles. The summed E-state index contributed by atoms with van der Waals surface area (Å²) >= 11 is 1.31. The molecule has 4 rings (SSSR count). The highest BCUT2D eigenvalue weighted by atomic mass is 32.2.